The number of benzene rings is 1. The molecule has 2 aliphatic rings. The van der Waals surface area contributed by atoms with Gasteiger partial charge >= 0.3 is 0 Å². The second-order valence-electron chi connectivity index (χ2n) is 5.55. The maximum Gasteiger partial charge on any atom is 0.255 e. The van der Waals surface area contributed by atoms with Crippen LogP contribution in [0.2, 0.25) is 0 Å². The first kappa shape index (κ1) is 15.3. The van der Waals surface area contributed by atoms with Crippen LogP contribution in [0.5, 0.6) is 0 Å². The average molecular weight is 312 g/mol. The van der Waals surface area contributed by atoms with Gasteiger partial charge in [0.1, 0.15) is 6.04 Å². The zero-order valence-corrected chi connectivity index (χ0v) is 12.5. The molecule has 1 fully saturated rings. The molecule has 2 N–H and O–H groups in total. The van der Waals surface area contributed by atoms with Crippen LogP contribution < -0.4 is 5.32 Å². The lowest BCUT2D eigenvalue weighted by atomic mass is 10.0. The Bertz CT molecular complexity index is 745. The summed E-state index contributed by atoms with van der Waals surface area (Å²) in [6, 6.07) is 4.71. The molecule has 0 aliphatic carbocycles. The van der Waals surface area contributed by atoms with Gasteiger partial charge in [0, 0.05) is 30.5 Å². The minimum Gasteiger partial charge on any atom is -0.395 e. The highest BCUT2D eigenvalue weighted by atomic mass is 16.3. The standard InChI is InChI=1S/C17H16N2O4/c20-8-2-1-3-11-4-5-13-12(9-11)10-19(17(13)23)14-6-7-15(21)18-16(14)22/h4-5,9,14,20H,2,6-8,10H2,(H,18,21,22). The Morgan fingerprint density at radius 2 is 2.13 bits per heavy atom. The number of aliphatic hydroxyl groups is 1. The molecule has 2 aliphatic heterocycles. The lowest BCUT2D eigenvalue weighted by Crippen LogP contribution is -2.52. The van der Waals surface area contributed by atoms with E-state index in [0.29, 0.717) is 24.9 Å². The largest absolute Gasteiger partial charge is 0.395 e. The van der Waals surface area contributed by atoms with Crippen molar-refractivity contribution in [2.45, 2.75) is 31.8 Å². The molecule has 6 nitrogen and oxygen atoms in total. The van der Waals surface area contributed by atoms with Crippen LogP contribution in [0.1, 0.15) is 40.7 Å². The Hall–Kier alpha value is -2.65. The highest BCUT2D eigenvalue weighted by Crippen LogP contribution is 2.27. The zero-order chi connectivity index (χ0) is 16.4. The lowest BCUT2D eigenvalue weighted by molar-refractivity contribution is -0.136. The highest BCUT2D eigenvalue weighted by molar-refractivity contribution is 6.05. The van der Waals surface area contributed by atoms with Gasteiger partial charge in [0.15, 0.2) is 0 Å². The lowest BCUT2D eigenvalue weighted by Gasteiger charge is -2.29. The van der Waals surface area contributed by atoms with Gasteiger partial charge in [-0.3, -0.25) is 19.7 Å². The summed E-state index contributed by atoms with van der Waals surface area (Å²) in [4.78, 5) is 37.2. The number of piperidine rings is 1. The summed E-state index contributed by atoms with van der Waals surface area (Å²) in [5.74, 6) is 4.88. The Morgan fingerprint density at radius 3 is 2.87 bits per heavy atom. The van der Waals surface area contributed by atoms with Gasteiger partial charge in [-0.1, -0.05) is 11.8 Å². The van der Waals surface area contributed by atoms with Crippen molar-refractivity contribution in [3.05, 3.63) is 34.9 Å². The molecule has 1 aromatic rings. The van der Waals surface area contributed by atoms with Crippen molar-refractivity contribution in [1.29, 1.82) is 0 Å². The van der Waals surface area contributed by atoms with Crippen LogP contribution in [0.3, 0.4) is 0 Å². The molecule has 3 amide bonds. The Kier molecular flexibility index (Phi) is 4.13. The molecule has 6 heteroatoms. The van der Waals surface area contributed by atoms with Crippen LogP contribution in [0, 0.1) is 11.8 Å². The second-order valence-corrected chi connectivity index (χ2v) is 5.55. The molecule has 1 atom stereocenters. The van der Waals surface area contributed by atoms with E-state index in [-0.39, 0.29) is 24.8 Å². The van der Waals surface area contributed by atoms with Crippen LogP contribution in [0.15, 0.2) is 18.2 Å². The minimum absolute atomic E-state index is 0.0136. The van der Waals surface area contributed by atoms with E-state index < -0.39 is 11.9 Å². The maximum atomic E-state index is 12.5. The van der Waals surface area contributed by atoms with Gasteiger partial charge in [0.2, 0.25) is 11.8 Å². The molecule has 23 heavy (non-hydrogen) atoms. The maximum absolute atomic E-state index is 12.5. The molecule has 2 heterocycles. The van der Waals surface area contributed by atoms with Gasteiger partial charge in [0.05, 0.1) is 6.61 Å². The molecule has 0 spiro atoms. The van der Waals surface area contributed by atoms with Crippen LogP contribution in [-0.4, -0.2) is 40.4 Å². The van der Waals surface area contributed by atoms with E-state index in [1.807, 2.05) is 6.07 Å². The summed E-state index contributed by atoms with van der Waals surface area (Å²) < 4.78 is 0. The van der Waals surface area contributed by atoms with Crippen molar-refractivity contribution in [3.8, 4) is 11.8 Å². The first-order chi connectivity index (χ1) is 11.1. The minimum atomic E-state index is -0.600. The number of nitrogens with zero attached hydrogens (tertiary/aromatic N) is 1. The van der Waals surface area contributed by atoms with Crippen molar-refractivity contribution in [2.75, 3.05) is 6.61 Å². The number of rotatable bonds is 2. The fraction of sp³-hybridized carbons (Fsp3) is 0.353. The average Bonchev–Trinajstić information content (AvgIpc) is 2.84. The number of carbonyl (C=O) groups excluding carboxylic acids is 3. The van der Waals surface area contributed by atoms with Gasteiger partial charge in [-0.25, -0.2) is 0 Å². The summed E-state index contributed by atoms with van der Waals surface area (Å²) in [7, 11) is 0. The third-order valence-electron chi connectivity index (χ3n) is 3.99. The monoisotopic (exact) mass is 312 g/mol. The zero-order valence-electron chi connectivity index (χ0n) is 12.5. The summed E-state index contributed by atoms with van der Waals surface area (Å²) in [5.41, 5.74) is 2.17. The van der Waals surface area contributed by atoms with Crippen LogP contribution >= 0.6 is 0 Å². The Labute approximate surface area is 133 Å². The van der Waals surface area contributed by atoms with Crippen molar-refractivity contribution in [3.63, 3.8) is 0 Å². The fourth-order valence-electron chi connectivity index (χ4n) is 2.87. The molecular weight excluding hydrogens is 296 g/mol. The van der Waals surface area contributed by atoms with Crippen molar-refractivity contribution < 1.29 is 19.5 Å². The quantitative estimate of drug-likeness (QED) is 0.602. The third-order valence-corrected chi connectivity index (χ3v) is 3.99. The SMILES string of the molecule is O=C1CCC(N2Cc3cc(C#CCCO)ccc3C2=O)C(=O)N1. The Balaban J connectivity index is 1.80. The predicted octanol–water partition coefficient (Wildman–Crippen LogP) is 0.182. The number of hydrogen-bond acceptors (Lipinski definition) is 4. The summed E-state index contributed by atoms with van der Waals surface area (Å²) in [6.07, 6.45) is 1.00. The first-order valence-corrected chi connectivity index (χ1v) is 7.47. The van der Waals surface area contributed by atoms with Crippen molar-refractivity contribution in [1.82, 2.24) is 10.2 Å². The van der Waals surface area contributed by atoms with E-state index in [1.54, 1.807) is 12.1 Å². The van der Waals surface area contributed by atoms with Crippen LogP contribution in [0.4, 0.5) is 0 Å². The molecule has 0 aromatic heterocycles. The predicted molar refractivity (Wildman–Crippen MR) is 81.1 cm³/mol. The van der Waals surface area contributed by atoms with Gasteiger partial charge in [-0.15, -0.1) is 0 Å². The highest BCUT2D eigenvalue weighted by Gasteiger charge is 2.38. The van der Waals surface area contributed by atoms with Gasteiger partial charge < -0.3 is 10.0 Å². The molecule has 0 saturated carbocycles. The summed E-state index contributed by atoms with van der Waals surface area (Å²) in [5, 5.41) is 11.0. The van der Waals surface area contributed by atoms with E-state index in [4.69, 9.17) is 5.11 Å². The van der Waals surface area contributed by atoms with E-state index in [1.165, 1.54) is 4.90 Å². The molecular formula is C17H16N2O4. The van der Waals surface area contributed by atoms with Gasteiger partial charge in [-0.05, 0) is 30.2 Å². The number of hydrogen-bond donors (Lipinski definition) is 2. The van der Waals surface area contributed by atoms with E-state index in [2.05, 4.69) is 17.2 Å². The summed E-state index contributed by atoms with van der Waals surface area (Å²) >= 11 is 0. The number of fused-ring (bicyclic) bond motifs is 1. The molecule has 0 radical (unpaired) electrons. The molecule has 1 aromatic carbocycles. The van der Waals surface area contributed by atoms with Crippen LogP contribution in [0.25, 0.3) is 0 Å². The summed E-state index contributed by atoms with van der Waals surface area (Å²) in [6.45, 7) is 0.357. The Morgan fingerprint density at radius 1 is 1.30 bits per heavy atom. The second kappa shape index (κ2) is 6.23. The molecule has 3 rings (SSSR count). The van der Waals surface area contributed by atoms with Crippen LogP contribution in [-0.2, 0) is 16.1 Å². The number of carbonyl (C=O) groups is 3. The number of amides is 3. The van der Waals surface area contributed by atoms with Gasteiger partial charge in [-0.2, -0.15) is 0 Å². The molecule has 118 valence electrons. The van der Waals surface area contributed by atoms with E-state index in [0.717, 1.165) is 11.1 Å². The normalized spacial score (nSPS) is 20.0. The third kappa shape index (κ3) is 2.96. The smallest absolute Gasteiger partial charge is 0.255 e. The topological polar surface area (TPSA) is 86.7 Å². The molecule has 0 bridgehead atoms. The van der Waals surface area contributed by atoms with Crippen molar-refractivity contribution >= 4 is 17.7 Å². The number of imide groups is 1. The van der Waals surface area contributed by atoms with E-state index in [9.17, 15) is 14.4 Å². The number of nitrogens with one attached hydrogen (secondary N) is 1. The van der Waals surface area contributed by atoms with Crippen molar-refractivity contribution in [2.24, 2.45) is 0 Å². The first-order valence-electron chi connectivity index (χ1n) is 7.47. The molecule has 1 unspecified atom stereocenters. The number of aliphatic hydroxyl groups excluding tert-OH is 1. The fourth-order valence-corrected chi connectivity index (χ4v) is 2.87. The van der Waals surface area contributed by atoms with Gasteiger partial charge in [0.25, 0.3) is 5.91 Å². The van der Waals surface area contributed by atoms with E-state index >= 15 is 0 Å². The molecule has 1 saturated heterocycles.